The molecule has 0 bridgehead atoms. The molecule has 0 unspecified atom stereocenters. The third-order valence-electron chi connectivity index (χ3n) is 5.07. The van der Waals surface area contributed by atoms with Crippen molar-refractivity contribution in [1.82, 2.24) is 19.9 Å². The van der Waals surface area contributed by atoms with Crippen molar-refractivity contribution < 1.29 is 9.32 Å². The van der Waals surface area contributed by atoms with Gasteiger partial charge < -0.3 is 9.42 Å². The molecule has 1 saturated heterocycles. The number of rotatable bonds is 3. The molecular formula is C20H22N4O2. The average molecular weight is 350 g/mol. The van der Waals surface area contributed by atoms with Gasteiger partial charge in [0.15, 0.2) is 0 Å². The molecule has 134 valence electrons. The first kappa shape index (κ1) is 16.7. The third-order valence-corrected chi connectivity index (χ3v) is 5.07. The van der Waals surface area contributed by atoms with E-state index < -0.39 is 0 Å². The van der Waals surface area contributed by atoms with Crippen molar-refractivity contribution in [3.8, 4) is 0 Å². The highest BCUT2D eigenvalue weighted by Gasteiger charge is 2.23. The van der Waals surface area contributed by atoms with Gasteiger partial charge in [-0.05, 0) is 38.1 Å². The first-order valence-corrected chi connectivity index (χ1v) is 8.90. The quantitative estimate of drug-likeness (QED) is 0.727. The minimum atomic E-state index is 0.0905. The Hall–Kier alpha value is -2.73. The van der Waals surface area contributed by atoms with Crippen molar-refractivity contribution in [2.45, 2.75) is 20.4 Å². The van der Waals surface area contributed by atoms with E-state index in [0.717, 1.165) is 66.2 Å². The van der Waals surface area contributed by atoms with Crippen LogP contribution in [0.15, 0.2) is 41.1 Å². The molecule has 3 heterocycles. The number of pyridine rings is 1. The Kier molecular flexibility index (Phi) is 4.42. The summed E-state index contributed by atoms with van der Waals surface area (Å²) in [6.45, 7) is 7.91. The van der Waals surface area contributed by atoms with Gasteiger partial charge in [0.25, 0.3) is 5.91 Å². The second-order valence-electron chi connectivity index (χ2n) is 6.78. The number of carbonyl (C=O) groups is 1. The van der Waals surface area contributed by atoms with Crippen LogP contribution in [0.2, 0.25) is 0 Å². The van der Waals surface area contributed by atoms with Crippen LogP contribution in [-0.4, -0.2) is 52.0 Å². The monoisotopic (exact) mass is 350 g/mol. The van der Waals surface area contributed by atoms with E-state index in [4.69, 9.17) is 4.52 Å². The smallest absolute Gasteiger partial charge is 0.253 e. The average Bonchev–Trinajstić information content (AvgIpc) is 2.99. The van der Waals surface area contributed by atoms with Gasteiger partial charge >= 0.3 is 0 Å². The highest BCUT2D eigenvalue weighted by molar-refractivity contribution is 5.98. The fraction of sp³-hybridized carbons (Fsp3) is 0.350. The predicted molar refractivity (Wildman–Crippen MR) is 98.9 cm³/mol. The second kappa shape index (κ2) is 6.88. The maximum absolute atomic E-state index is 12.8. The van der Waals surface area contributed by atoms with Crippen molar-refractivity contribution >= 4 is 16.8 Å². The highest BCUT2D eigenvalue weighted by atomic mass is 16.5. The number of amides is 1. The summed E-state index contributed by atoms with van der Waals surface area (Å²) in [5.41, 5.74) is 3.75. The summed E-state index contributed by atoms with van der Waals surface area (Å²) in [6.07, 6.45) is 1.77. The largest absolute Gasteiger partial charge is 0.361 e. The van der Waals surface area contributed by atoms with Crippen molar-refractivity contribution in [1.29, 1.82) is 0 Å². The fourth-order valence-electron chi connectivity index (χ4n) is 3.45. The van der Waals surface area contributed by atoms with Crippen molar-refractivity contribution in [3.05, 3.63) is 59.1 Å². The van der Waals surface area contributed by atoms with Crippen LogP contribution < -0.4 is 0 Å². The van der Waals surface area contributed by atoms with Gasteiger partial charge in [-0.3, -0.25) is 14.7 Å². The van der Waals surface area contributed by atoms with Crippen LogP contribution in [0.3, 0.4) is 0 Å². The molecule has 0 spiro atoms. The van der Waals surface area contributed by atoms with Crippen LogP contribution in [0, 0.1) is 13.8 Å². The molecule has 0 aliphatic carbocycles. The summed E-state index contributed by atoms with van der Waals surface area (Å²) in [6, 6.07) is 9.59. The molecule has 1 aliphatic rings. The molecule has 2 aromatic heterocycles. The van der Waals surface area contributed by atoms with Crippen LogP contribution in [0.25, 0.3) is 10.9 Å². The number of piperazine rings is 1. The minimum absolute atomic E-state index is 0.0905. The zero-order chi connectivity index (χ0) is 18.1. The molecule has 4 rings (SSSR count). The van der Waals surface area contributed by atoms with E-state index >= 15 is 0 Å². The van der Waals surface area contributed by atoms with Gasteiger partial charge in [0.05, 0.1) is 11.2 Å². The molecule has 1 amide bonds. The lowest BCUT2D eigenvalue weighted by Crippen LogP contribution is -2.48. The molecule has 3 aromatic rings. The van der Waals surface area contributed by atoms with E-state index in [1.165, 1.54) is 0 Å². The van der Waals surface area contributed by atoms with E-state index in [0.29, 0.717) is 0 Å². The van der Waals surface area contributed by atoms with Gasteiger partial charge in [-0.25, -0.2) is 0 Å². The standard InChI is InChI=1S/C20H22N4O2/c1-14-18(15(2)26-22-14)13-23-8-10-24(11-9-23)20(25)17-5-6-19-16(12-17)4-3-7-21-19/h3-7,12H,8-11,13H2,1-2H3. The number of nitrogens with zero attached hydrogens (tertiary/aromatic N) is 4. The van der Waals surface area contributed by atoms with Gasteiger partial charge in [-0.15, -0.1) is 0 Å². The Labute approximate surface area is 152 Å². The molecule has 1 aliphatic heterocycles. The number of aryl methyl sites for hydroxylation is 2. The van der Waals surface area contributed by atoms with E-state index in [9.17, 15) is 4.79 Å². The van der Waals surface area contributed by atoms with E-state index in [1.54, 1.807) is 6.20 Å². The summed E-state index contributed by atoms with van der Waals surface area (Å²) in [5.74, 6) is 0.971. The normalized spacial score (nSPS) is 15.5. The van der Waals surface area contributed by atoms with Crippen molar-refractivity contribution in [3.63, 3.8) is 0 Å². The van der Waals surface area contributed by atoms with Crippen LogP contribution >= 0.6 is 0 Å². The molecule has 6 heteroatoms. The molecule has 0 atom stereocenters. The van der Waals surface area contributed by atoms with Crippen LogP contribution in [0.1, 0.15) is 27.4 Å². The maximum Gasteiger partial charge on any atom is 0.253 e. The summed E-state index contributed by atoms with van der Waals surface area (Å²) >= 11 is 0. The molecule has 1 fully saturated rings. The molecule has 0 N–H and O–H groups in total. The number of benzene rings is 1. The van der Waals surface area contributed by atoms with E-state index in [1.807, 2.05) is 49.1 Å². The third kappa shape index (κ3) is 3.20. The number of aromatic nitrogens is 2. The molecule has 1 aromatic carbocycles. The summed E-state index contributed by atoms with van der Waals surface area (Å²) < 4.78 is 5.24. The first-order valence-electron chi connectivity index (χ1n) is 8.90. The van der Waals surface area contributed by atoms with Crippen LogP contribution in [0.4, 0.5) is 0 Å². The molecule has 0 saturated carbocycles. The number of fused-ring (bicyclic) bond motifs is 1. The second-order valence-corrected chi connectivity index (χ2v) is 6.78. The van der Waals surface area contributed by atoms with Gasteiger partial charge in [-0.2, -0.15) is 0 Å². The topological polar surface area (TPSA) is 62.5 Å². The SMILES string of the molecule is Cc1noc(C)c1CN1CCN(C(=O)c2ccc3ncccc3c2)CC1. The molecule has 26 heavy (non-hydrogen) atoms. The Bertz CT molecular complexity index is 922. The van der Waals surface area contributed by atoms with Gasteiger partial charge in [0.2, 0.25) is 0 Å². The summed E-state index contributed by atoms with van der Waals surface area (Å²) in [7, 11) is 0. The van der Waals surface area contributed by atoms with Gasteiger partial charge in [0, 0.05) is 55.4 Å². The first-order chi connectivity index (χ1) is 12.6. The number of carbonyl (C=O) groups excluding carboxylic acids is 1. The Morgan fingerprint density at radius 1 is 1.15 bits per heavy atom. The number of hydrogen-bond donors (Lipinski definition) is 0. The zero-order valence-corrected chi connectivity index (χ0v) is 15.1. The van der Waals surface area contributed by atoms with E-state index in [-0.39, 0.29) is 5.91 Å². The van der Waals surface area contributed by atoms with Crippen LogP contribution in [-0.2, 0) is 6.54 Å². The molecular weight excluding hydrogens is 328 g/mol. The Morgan fingerprint density at radius 2 is 1.96 bits per heavy atom. The Morgan fingerprint density at radius 3 is 2.69 bits per heavy atom. The summed E-state index contributed by atoms with van der Waals surface area (Å²) in [5, 5.41) is 5.01. The fourth-order valence-corrected chi connectivity index (χ4v) is 3.45. The van der Waals surface area contributed by atoms with Crippen molar-refractivity contribution in [2.24, 2.45) is 0 Å². The molecule has 6 nitrogen and oxygen atoms in total. The lowest BCUT2D eigenvalue weighted by Gasteiger charge is -2.34. The van der Waals surface area contributed by atoms with Gasteiger partial charge in [0.1, 0.15) is 5.76 Å². The minimum Gasteiger partial charge on any atom is -0.361 e. The Balaban J connectivity index is 1.41. The summed E-state index contributed by atoms with van der Waals surface area (Å²) in [4.78, 5) is 21.4. The lowest BCUT2D eigenvalue weighted by atomic mass is 10.1. The number of hydrogen-bond acceptors (Lipinski definition) is 5. The van der Waals surface area contributed by atoms with Gasteiger partial charge in [-0.1, -0.05) is 11.2 Å². The molecule has 0 radical (unpaired) electrons. The van der Waals surface area contributed by atoms with Crippen LogP contribution in [0.5, 0.6) is 0 Å². The maximum atomic E-state index is 12.8. The van der Waals surface area contributed by atoms with Crippen molar-refractivity contribution in [2.75, 3.05) is 26.2 Å². The zero-order valence-electron chi connectivity index (χ0n) is 15.1. The highest BCUT2D eigenvalue weighted by Crippen LogP contribution is 2.18. The lowest BCUT2D eigenvalue weighted by molar-refractivity contribution is 0.0627. The van der Waals surface area contributed by atoms with E-state index in [2.05, 4.69) is 15.0 Å². The predicted octanol–water partition coefficient (Wildman–Crippen LogP) is 2.80.